The molecule has 4 heteroatoms. The van der Waals surface area contributed by atoms with Crippen LogP contribution in [-0.2, 0) is 6.42 Å². The van der Waals surface area contributed by atoms with E-state index in [2.05, 4.69) is 51.4 Å². The number of hydrogen-bond acceptors (Lipinski definition) is 4. The average Bonchev–Trinajstić information content (AvgIpc) is 2.50. The fraction of sp³-hybridized carbons (Fsp3) is 0.294. The van der Waals surface area contributed by atoms with E-state index >= 15 is 0 Å². The highest BCUT2D eigenvalue weighted by atomic mass is 15.1. The Labute approximate surface area is 126 Å². The summed E-state index contributed by atoms with van der Waals surface area (Å²) in [6.45, 7) is 7.22. The van der Waals surface area contributed by atoms with Gasteiger partial charge in [0.2, 0.25) is 5.95 Å². The van der Waals surface area contributed by atoms with E-state index in [1.165, 1.54) is 5.56 Å². The molecule has 0 atom stereocenters. The van der Waals surface area contributed by atoms with Crippen LogP contribution in [0, 0.1) is 6.92 Å². The predicted molar refractivity (Wildman–Crippen MR) is 88.7 cm³/mol. The van der Waals surface area contributed by atoms with Crippen LogP contribution in [0.3, 0.4) is 0 Å². The Kier molecular flexibility index (Phi) is 5.76. The summed E-state index contributed by atoms with van der Waals surface area (Å²) in [7, 11) is 0. The van der Waals surface area contributed by atoms with E-state index in [9.17, 15) is 0 Å². The molecule has 1 aromatic heterocycles. The van der Waals surface area contributed by atoms with E-state index < -0.39 is 0 Å². The predicted octanol–water partition coefficient (Wildman–Crippen LogP) is 3.43. The third-order valence-corrected chi connectivity index (χ3v) is 3.05. The summed E-state index contributed by atoms with van der Waals surface area (Å²) in [5.74, 6) is 1.50. The lowest BCUT2D eigenvalue weighted by molar-refractivity contribution is 0.851. The van der Waals surface area contributed by atoms with Crippen LogP contribution in [0.1, 0.15) is 17.7 Å². The van der Waals surface area contributed by atoms with Crippen molar-refractivity contribution in [2.75, 3.05) is 23.7 Å². The first-order chi connectivity index (χ1) is 10.3. The highest BCUT2D eigenvalue weighted by molar-refractivity contribution is 5.42. The summed E-state index contributed by atoms with van der Waals surface area (Å²) >= 11 is 0. The number of hydrogen-bond donors (Lipinski definition) is 2. The van der Waals surface area contributed by atoms with Crippen molar-refractivity contribution in [2.24, 2.45) is 0 Å². The number of nitrogens with one attached hydrogen (secondary N) is 2. The summed E-state index contributed by atoms with van der Waals surface area (Å²) in [4.78, 5) is 8.83. The molecule has 0 spiro atoms. The average molecular weight is 282 g/mol. The summed E-state index contributed by atoms with van der Waals surface area (Å²) in [6.07, 6.45) is 3.92. The molecule has 0 aliphatic carbocycles. The Bertz CT molecular complexity index is 566. The summed E-state index contributed by atoms with van der Waals surface area (Å²) in [5, 5.41) is 6.47. The maximum atomic E-state index is 4.43. The van der Waals surface area contributed by atoms with Crippen molar-refractivity contribution >= 4 is 11.8 Å². The molecule has 1 heterocycles. The van der Waals surface area contributed by atoms with Gasteiger partial charge in [-0.1, -0.05) is 36.4 Å². The first-order valence-corrected chi connectivity index (χ1v) is 7.26. The molecule has 2 N–H and O–H groups in total. The second kappa shape index (κ2) is 8.04. The number of aryl methyl sites for hydroxylation is 2. The topological polar surface area (TPSA) is 49.8 Å². The van der Waals surface area contributed by atoms with Gasteiger partial charge < -0.3 is 10.6 Å². The van der Waals surface area contributed by atoms with Crippen molar-refractivity contribution in [3.05, 3.63) is 60.3 Å². The molecular formula is C17H22N4. The fourth-order valence-corrected chi connectivity index (χ4v) is 2.05. The highest BCUT2D eigenvalue weighted by Crippen LogP contribution is 2.10. The third-order valence-electron chi connectivity index (χ3n) is 3.05. The normalized spacial score (nSPS) is 10.1. The summed E-state index contributed by atoms with van der Waals surface area (Å²) in [6, 6.07) is 12.4. The number of benzene rings is 1. The number of nitrogens with zero attached hydrogens (tertiary/aromatic N) is 2. The second-order valence-electron chi connectivity index (χ2n) is 4.90. The standard InChI is InChI=1S/C17H22N4/c1-3-11-18-16-13-14(2)20-17(21-16)19-12-7-10-15-8-5-4-6-9-15/h3-6,8-9,13H,1,7,10-12H2,2H3,(H2,18,19,20,21). The van der Waals surface area contributed by atoms with Gasteiger partial charge >= 0.3 is 0 Å². The number of anilines is 2. The smallest absolute Gasteiger partial charge is 0.224 e. The van der Waals surface area contributed by atoms with Crippen molar-refractivity contribution < 1.29 is 0 Å². The summed E-state index contributed by atoms with van der Waals surface area (Å²) in [5.41, 5.74) is 2.31. The molecule has 0 saturated carbocycles. The zero-order valence-corrected chi connectivity index (χ0v) is 12.5. The molecule has 2 aromatic rings. The highest BCUT2D eigenvalue weighted by Gasteiger charge is 2.01. The molecule has 1 aromatic carbocycles. The van der Waals surface area contributed by atoms with Crippen LogP contribution in [0.5, 0.6) is 0 Å². The maximum absolute atomic E-state index is 4.43. The molecule has 0 saturated heterocycles. The van der Waals surface area contributed by atoms with Crippen molar-refractivity contribution in [3.63, 3.8) is 0 Å². The Morgan fingerprint density at radius 2 is 1.95 bits per heavy atom. The molecule has 0 unspecified atom stereocenters. The van der Waals surface area contributed by atoms with Crippen LogP contribution >= 0.6 is 0 Å². The molecule has 0 fully saturated rings. The Morgan fingerprint density at radius 1 is 1.14 bits per heavy atom. The van der Waals surface area contributed by atoms with Gasteiger partial charge in [-0.3, -0.25) is 0 Å². The Morgan fingerprint density at radius 3 is 2.71 bits per heavy atom. The quantitative estimate of drug-likeness (QED) is 0.575. The minimum Gasteiger partial charge on any atom is -0.366 e. The van der Waals surface area contributed by atoms with Crippen LogP contribution in [0.25, 0.3) is 0 Å². The lowest BCUT2D eigenvalue weighted by Gasteiger charge is -2.09. The van der Waals surface area contributed by atoms with E-state index in [0.29, 0.717) is 12.5 Å². The van der Waals surface area contributed by atoms with Crippen LogP contribution in [0.15, 0.2) is 49.1 Å². The molecule has 110 valence electrons. The lowest BCUT2D eigenvalue weighted by atomic mass is 10.1. The molecule has 0 aliphatic rings. The van der Waals surface area contributed by atoms with Crippen molar-refractivity contribution in [1.82, 2.24) is 9.97 Å². The molecule has 0 bridgehead atoms. The first kappa shape index (κ1) is 15.0. The molecule has 0 aliphatic heterocycles. The SMILES string of the molecule is C=CCNc1cc(C)nc(NCCCc2ccccc2)n1. The van der Waals surface area contributed by atoms with Crippen molar-refractivity contribution in [3.8, 4) is 0 Å². The minimum absolute atomic E-state index is 0.676. The Hall–Kier alpha value is -2.36. The maximum Gasteiger partial charge on any atom is 0.224 e. The Balaban J connectivity index is 1.82. The van der Waals surface area contributed by atoms with E-state index in [-0.39, 0.29) is 0 Å². The molecule has 0 radical (unpaired) electrons. The van der Waals surface area contributed by atoms with Gasteiger partial charge in [0, 0.05) is 24.8 Å². The first-order valence-electron chi connectivity index (χ1n) is 7.26. The molecule has 21 heavy (non-hydrogen) atoms. The van der Waals surface area contributed by atoms with Crippen LogP contribution < -0.4 is 10.6 Å². The van der Waals surface area contributed by atoms with Gasteiger partial charge in [-0.05, 0) is 25.3 Å². The van der Waals surface area contributed by atoms with Crippen LogP contribution in [0.4, 0.5) is 11.8 Å². The molecule has 2 rings (SSSR count). The number of aromatic nitrogens is 2. The zero-order valence-electron chi connectivity index (χ0n) is 12.5. The van der Waals surface area contributed by atoms with Crippen molar-refractivity contribution in [2.45, 2.75) is 19.8 Å². The number of rotatable bonds is 8. The molecule has 0 amide bonds. The van der Waals surface area contributed by atoms with Gasteiger partial charge in [0.15, 0.2) is 0 Å². The van der Waals surface area contributed by atoms with E-state index in [0.717, 1.165) is 30.9 Å². The third kappa shape index (κ3) is 5.26. The van der Waals surface area contributed by atoms with Crippen molar-refractivity contribution in [1.29, 1.82) is 0 Å². The van der Waals surface area contributed by atoms with E-state index in [1.807, 2.05) is 25.1 Å². The monoisotopic (exact) mass is 282 g/mol. The van der Waals surface area contributed by atoms with Gasteiger partial charge in [-0.25, -0.2) is 4.98 Å². The molecular weight excluding hydrogens is 260 g/mol. The van der Waals surface area contributed by atoms with Crippen LogP contribution in [-0.4, -0.2) is 23.1 Å². The van der Waals surface area contributed by atoms with Crippen LogP contribution in [0.2, 0.25) is 0 Å². The fourth-order valence-electron chi connectivity index (χ4n) is 2.05. The van der Waals surface area contributed by atoms with E-state index in [4.69, 9.17) is 0 Å². The molecule has 4 nitrogen and oxygen atoms in total. The van der Waals surface area contributed by atoms with E-state index in [1.54, 1.807) is 0 Å². The van der Waals surface area contributed by atoms with Gasteiger partial charge in [0.1, 0.15) is 5.82 Å². The van der Waals surface area contributed by atoms with Gasteiger partial charge in [0.25, 0.3) is 0 Å². The second-order valence-corrected chi connectivity index (χ2v) is 4.90. The largest absolute Gasteiger partial charge is 0.366 e. The summed E-state index contributed by atoms with van der Waals surface area (Å²) < 4.78 is 0. The lowest BCUT2D eigenvalue weighted by Crippen LogP contribution is -2.09. The van der Waals surface area contributed by atoms with Gasteiger partial charge in [-0.15, -0.1) is 6.58 Å². The van der Waals surface area contributed by atoms with Gasteiger partial charge in [-0.2, -0.15) is 4.98 Å². The minimum atomic E-state index is 0.676. The zero-order chi connectivity index (χ0) is 14.9. The van der Waals surface area contributed by atoms with Gasteiger partial charge in [0.05, 0.1) is 0 Å².